The third-order valence-corrected chi connectivity index (χ3v) is 4.56. The number of piperidine rings is 1. The van der Waals surface area contributed by atoms with E-state index >= 15 is 0 Å². The van der Waals surface area contributed by atoms with Gasteiger partial charge in [-0.05, 0) is 37.0 Å². The van der Waals surface area contributed by atoms with Crippen molar-refractivity contribution >= 4 is 32.7 Å². The molecule has 0 saturated carbocycles. The normalized spacial score (nSPS) is 20.3. The molecule has 2 nitrogen and oxygen atoms in total. The van der Waals surface area contributed by atoms with Gasteiger partial charge in [-0.3, -0.25) is 0 Å². The second-order valence-corrected chi connectivity index (χ2v) is 5.62. The minimum absolute atomic E-state index is 0.757. The molecule has 1 fully saturated rings. The number of aromatic nitrogens is 1. The molecule has 1 aliphatic heterocycles. The van der Waals surface area contributed by atoms with Gasteiger partial charge in [-0.25, -0.2) is 4.98 Å². The maximum absolute atomic E-state index is 4.78. The van der Waals surface area contributed by atoms with E-state index in [0.717, 1.165) is 35.7 Å². The maximum Gasteiger partial charge on any atom is 0.129 e. The van der Waals surface area contributed by atoms with E-state index in [9.17, 15) is 0 Å². The number of nitrogens with zero attached hydrogens (tertiary/aromatic N) is 2. The van der Waals surface area contributed by atoms with E-state index in [-0.39, 0.29) is 0 Å². The van der Waals surface area contributed by atoms with Crippen molar-refractivity contribution in [1.82, 2.24) is 4.98 Å². The summed E-state index contributed by atoms with van der Waals surface area (Å²) in [6.45, 7) is 2.26. The SMILES string of the molecule is BrCC1CCCN(c2ccc3ccccc3n2)C1. The van der Waals surface area contributed by atoms with Crippen molar-refractivity contribution in [1.29, 1.82) is 0 Å². The fraction of sp³-hybridized carbons (Fsp3) is 0.400. The summed E-state index contributed by atoms with van der Waals surface area (Å²) in [6, 6.07) is 12.6. The number of pyridine rings is 1. The Kier molecular flexibility index (Phi) is 3.50. The van der Waals surface area contributed by atoms with E-state index < -0.39 is 0 Å². The average Bonchev–Trinajstić information content (AvgIpc) is 2.47. The minimum Gasteiger partial charge on any atom is -0.356 e. The van der Waals surface area contributed by atoms with Crippen LogP contribution < -0.4 is 4.90 Å². The van der Waals surface area contributed by atoms with Gasteiger partial charge in [-0.2, -0.15) is 0 Å². The third-order valence-electron chi connectivity index (χ3n) is 3.64. The van der Waals surface area contributed by atoms with Gasteiger partial charge in [-0.1, -0.05) is 34.1 Å². The van der Waals surface area contributed by atoms with Crippen LogP contribution in [0.5, 0.6) is 0 Å². The number of fused-ring (bicyclic) bond motifs is 1. The van der Waals surface area contributed by atoms with Crippen molar-refractivity contribution in [3.8, 4) is 0 Å². The lowest BCUT2D eigenvalue weighted by molar-refractivity contribution is 0.453. The summed E-state index contributed by atoms with van der Waals surface area (Å²) in [5.74, 6) is 1.88. The Hall–Kier alpha value is -1.09. The number of para-hydroxylation sites is 1. The van der Waals surface area contributed by atoms with E-state index in [1.165, 1.54) is 18.2 Å². The van der Waals surface area contributed by atoms with E-state index in [0.29, 0.717) is 0 Å². The molecule has 0 radical (unpaired) electrons. The number of halogens is 1. The maximum atomic E-state index is 4.78. The van der Waals surface area contributed by atoms with E-state index in [2.05, 4.69) is 57.2 Å². The van der Waals surface area contributed by atoms with Gasteiger partial charge in [0.05, 0.1) is 5.52 Å². The van der Waals surface area contributed by atoms with Crippen LogP contribution >= 0.6 is 15.9 Å². The molecule has 1 atom stereocenters. The molecule has 0 bridgehead atoms. The van der Waals surface area contributed by atoms with Crippen LogP contribution in [0, 0.1) is 5.92 Å². The zero-order valence-electron chi connectivity index (χ0n) is 10.3. The molecule has 1 saturated heterocycles. The summed E-state index contributed by atoms with van der Waals surface area (Å²) in [5, 5.41) is 2.31. The summed E-state index contributed by atoms with van der Waals surface area (Å²) in [4.78, 5) is 7.20. The van der Waals surface area contributed by atoms with Gasteiger partial charge in [-0.15, -0.1) is 0 Å². The predicted molar refractivity (Wildman–Crippen MR) is 80.5 cm³/mol. The summed E-state index contributed by atoms with van der Waals surface area (Å²) in [7, 11) is 0. The molecule has 1 aromatic heterocycles. The van der Waals surface area contributed by atoms with Gasteiger partial charge in [0.1, 0.15) is 5.82 Å². The Morgan fingerprint density at radius 2 is 2.11 bits per heavy atom. The molecular formula is C15H17BrN2. The van der Waals surface area contributed by atoms with Crippen LogP contribution in [0.15, 0.2) is 36.4 Å². The van der Waals surface area contributed by atoms with Gasteiger partial charge in [0.15, 0.2) is 0 Å². The highest BCUT2D eigenvalue weighted by molar-refractivity contribution is 9.09. The molecule has 1 aromatic carbocycles. The Balaban J connectivity index is 1.89. The lowest BCUT2D eigenvalue weighted by Crippen LogP contribution is -2.36. The zero-order valence-corrected chi connectivity index (χ0v) is 11.9. The number of hydrogen-bond donors (Lipinski definition) is 0. The molecule has 0 N–H and O–H groups in total. The van der Waals surface area contributed by atoms with Crippen molar-refractivity contribution in [3.63, 3.8) is 0 Å². The predicted octanol–water partition coefficient (Wildman–Crippen LogP) is 3.85. The van der Waals surface area contributed by atoms with Gasteiger partial charge >= 0.3 is 0 Å². The van der Waals surface area contributed by atoms with Crippen molar-refractivity contribution in [2.45, 2.75) is 12.8 Å². The molecule has 94 valence electrons. The summed E-state index contributed by atoms with van der Waals surface area (Å²) >= 11 is 3.60. The molecule has 0 amide bonds. The Morgan fingerprint density at radius 1 is 1.22 bits per heavy atom. The number of hydrogen-bond acceptors (Lipinski definition) is 2. The summed E-state index contributed by atoms with van der Waals surface area (Å²) in [6.07, 6.45) is 2.60. The third kappa shape index (κ3) is 2.37. The smallest absolute Gasteiger partial charge is 0.129 e. The van der Waals surface area contributed by atoms with Gasteiger partial charge in [0, 0.05) is 23.8 Å². The molecule has 3 heteroatoms. The second kappa shape index (κ2) is 5.27. The quantitative estimate of drug-likeness (QED) is 0.784. The van der Waals surface area contributed by atoms with Crippen LogP contribution in [-0.2, 0) is 0 Å². The molecular weight excluding hydrogens is 288 g/mol. The van der Waals surface area contributed by atoms with Crippen LogP contribution in [0.1, 0.15) is 12.8 Å². The number of rotatable bonds is 2. The van der Waals surface area contributed by atoms with E-state index in [1.807, 2.05) is 0 Å². The fourth-order valence-corrected chi connectivity index (χ4v) is 3.16. The van der Waals surface area contributed by atoms with Crippen LogP contribution in [-0.4, -0.2) is 23.4 Å². The highest BCUT2D eigenvalue weighted by Gasteiger charge is 2.19. The van der Waals surface area contributed by atoms with Gasteiger partial charge < -0.3 is 4.90 Å². The lowest BCUT2D eigenvalue weighted by atomic mass is 10.0. The molecule has 0 aliphatic carbocycles. The van der Waals surface area contributed by atoms with Crippen molar-refractivity contribution < 1.29 is 0 Å². The van der Waals surface area contributed by atoms with E-state index in [4.69, 9.17) is 4.98 Å². The Labute approximate surface area is 116 Å². The Morgan fingerprint density at radius 3 is 3.00 bits per heavy atom. The topological polar surface area (TPSA) is 16.1 Å². The van der Waals surface area contributed by atoms with Gasteiger partial charge in [0.2, 0.25) is 0 Å². The fourth-order valence-electron chi connectivity index (χ4n) is 2.63. The van der Waals surface area contributed by atoms with Crippen molar-refractivity contribution in [3.05, 3.63) is 36.4 Å². The highest BCUT2D eigenvalue weighted by Crippen LogP contribution is 2.24. The Bertz CT molecular complexity index is 541. The second-order valence-electron chi connectivity index (χ2n) is 4.97. The molecule has 0 spiro atoms. The number of benzene rings is 1. The number of alkyl halides is 1. The monoisotopic (exact) mass is 304 g/mol. The highest BCUT2D eigenvalue weighted by atomic mass is 79.9. The molecule has 1 aliphatic rings. The number of anilines is 1. The molecule has 2 aromatic rings. The van der Waals surface area contributed by atoms with E-state index in [1.54, 1.807) is 0 Å². The van der Waals surface area contributed by atoms with Crippen molar-refractivity contribution in [2.24, 2.45) is 5.92 Å². The first-order chi connectivity index (χ1) is 8.86. The molecule has 18 heavy (non-hydrogen) atoms. The van der Waals surface area contributed by atoms with Crippen molar-refractivity contribution in [2.75, 3.05) is 23.3 Å². The zero-order chi connectivity index (χ0) is 12.4. The molecule has 3 rings (SSSR count). The first kappa shape index (κ1) is 12.0. The first-order valence-corrected chi connectivity index (χ1v) is 7.65. The van der Waals surface area contributed by atoms with Crippen LogP contribution in [0.2, 0.25) is 0 Å². The first-order valence-electron chi connectivity index (χ1n) is 6.53. The van der Waals surface area contributed by atoms with Crippen LogP contribution in [0.3, 0.4) is 0 Å². The summed E-state index contributed by atoms with van der Waals surface area (Å²) < 4.78 is 0. The average molecular weight is 305 g/mol. The van der Waals surface area contributed by atoms with Crippen LogP contribution in [0.4, 0.5) is 5.82 Å². The lowest BCUT2D eigenvalue weighted by Gasteiger charge is -2.32. The largest absolute Gasteiger partial charge is 0.356 e. The standard InChI is InChI=1S/C15H17BrN2/c16-10-12-4-3-9-18(11-12)15-8-7-13-5-1-2-6-14(13)17-15/h1-2,5-8,12H,3-4,9-11H2. The molecule has 1 unspecified atom stereocenters. The minimum atomic E-state index is 0.757. The van der Waals surface area contributed by atoms with Crippen LogP contribution in [0.25, 0.3) is 10.9 Å². The molecule has 2 heterocycles. The summed E-state index contributed by atoms with van der Waals surface area (Å²) in [5.41, 5.74) is 1.09. The van der Waals surface area contributed by atoms with Gasteiger partial charge in [0.25, 0.3) is 0 Å².